The van der Waals surface area contributed by atoms with Gasteiger partial charge in [0.1, 0.15) is 5.75 Å². The van der Waals surface area contributed by atoms with Gasteiger partial charge in [-0.3, -0.25) is 4.79 Å². The zero-order valence-electron chi connectivity index (χ0n) is 9.05. The van der Waals surface area contributed by atoms with E-state index in [9.17, 15) is 4.79 Å². The van der Waals surface area contributed by atoms with Crippen molar-refractivity contribution in [1.82, 2.24) is 5.32 Å². The molecule has 0 unspecified atom stereocenters. The highest BCUT2D eigenvalue weighted by molar-refractivity contribution is 5.91. The lowest BCUT2D eigenvalue weighted by atomic mass is 10.2. The molecule has 0 radical (unpaired) electrons. The fraction of sp³-hybridized carbons (Fsp3) is 0.250. The summed E-state index contributed by atoms with van der Waals surface area (Å²) in [5.74, 6) is -0.0647. The molecule has 0 bridgehead atoms. The van der Waals surface area contributed by atoms with Crippen LogP contribution in [0.1, 0.15) is 12.5 Å². The van der Waals surface area contributed by atoms with Crippen molar-refractivity contribution in [3.05, 3.63) is 35.9 Å². The quantitative estimate of drug-likeness (QED) is 0.662. The maximum Gasteiger partial charge on any atom is 0.244 e. The number of aromatic hydroxyl groups is 1. The van der Waals surface area contributed by atoms with E-state index >= 15 is 0 Å². The number of phenols is 1. The van der Waals surface area contributed by atoms with Gasteiger partial charge in [-0.05, 0) is 30.7 Å². The number of hydrogen-bond donors (Lipinski definition) is 3. The average Bonchev–Trinajstić information content (AvgIpc) is 2.28. The van der Waals surface area contributed by atoms with Crippen molar-refractivity contribution in [3.63, 3.8) is 0 Å². The van der Waals surface area contributed by atoms with Crippen molar-refractivity contribution < 1.29 is 15.0 Å². The van der Waals surface area contributed by atoms with Crippen molar-refractivity contribution in [2.45, 2.75) is 13.0 Å². The largest absolute Gasteiger partial charge is 0.508 e. The second-order valence-corrected chi connectivity index (χ2v) is 3.52. The Balaban J connectivity index is 2.53. The maximum atomic E-state index is 11.3. The number of benzene rings is 1. The standard InChI is InChI=1S/C12H15NO3/c1-9(8-14)13-12(16)7-4-10-2-5-11(15)6-3-10/h2-7,9,14-15H,8H2,1H3,(H,13,16)/t9-/m1/s1. The van der Waals surface area contributed by atoms with E-state index in [1.165, 1.54) is 6.08 Å². The minimum atomic E-state index is -0.255. The first-order valence-corrected chi connectivity index (χ1v) is 5.00. The van der Waals surface area contributed by atoms with Gasteiger partial charge < -0.3 is 15.5 Å². The Morgan fingerprint density at radius 2 is 2.06 bits per heavy atom. The molecule has 0 aliphatic carbocycles. The van der Waals surface area contributed by atoms with Gasteiger partial charge in [0.05, 0.1) is 6.61 Å². The van der Waals surface area contributed by atoms with Crippen molar-refractivity contribution in [2.75, 3.05) is 6.61 Å². The Morgan fingerprint density at radius 1 is 1.44 bits per heavy atom. The average molecular weight is 221 g/mol. The van der Waals surface area contributed by atoms with E-state index in [0.29, 0.717) is 0 Å². The fourth-order valence-corrected chi connectivity index (χ4v) is 1.09. The van der Waals surface area contributed by atoms with Crippen LogP contribution < -0.4 is 5.32 Å². The zero-order valence-corrected chi connectivity index (χ0v) is 9.05. The zero-order chi connectivity index (χ0) is 12.0. The summed E-state index contributed by atoms with van der Waals surface area (Å²) in [7, 11) is 0. The number of nitrogens with one attached hydrogen (secondary N) is 1. The number of phenolic OH excluding ortho intramolecular Hbond substituents is 1. The van der Waals surface area contributed by atoms with Crippen molar-refractivity contribution in [1.29, 1.82) is 0 Å². The van der Waals surface area contributed by atoms with Crippen LogP contribution in [0.2, 0.25) is 0 Å². The van der Waals surface area contributed by atoms with E-state index in [4.69, 9.17) is 10.2 Å². The molecular formula is C12H15NO3. The highest BCUT2D eigenvalue weighted by atomic mass is 16.3. The Hall–Kier alpha value is -1.81. The number of carbonyl (C=O) groups excluding carboxylic acids is 1. The van der Waals surface area contributed by atoms with Gasteiger partial charge in [0.15, 0.2) is 0 Å². The van der Waals surface area contributed by atoms with E-state index in [-0.39, 0.29) is 24.3 Å². The number of amides is 1. The molecule has 3 N–H and O–H groups in total. The van der Waals surface area contributed by atoms with Gasteiger partial charge in [0, 0.05) is 12.1 Å². The smallest absolute Gasteiger partial charge is 0.244 e. The fourth-order valence-electron chi connectivity index (χ4n) is 1.09. The summed E-state index contributed by atoms with van der Waals surface area (Å²) in [6, 6.07) is 6.25. The minimum Gasteiger partial charge on any atom is -0.508 e. The lowest BCUT2D eigenvalue weighted by molar-refractivity contribution is -0.117. The molecule has 0 aromatic heterocycles. The third kappa shape index (κ3) is 4.14. The van der Waals surface area contributed by atoms with Crippen LogP contribution in [0.15, 0.2) is 30.3 Å². The second-order valence-electron chi connectivity index (χ2n) is 3.52. The second kappa shape index (κ2) is 5.92. The molecule has 4 heteroatoms. The third-order valence-electron chi connectivity index (χ3n) is 1.98. The molecule has 4 nitrogen and oxygen atoms in total. The molecule has 0 aliphatic heterocycles. The summed E-state index contributed by atoms with van der Waals surface area (Å²) in [5, 5.41) is 20.4. The van der Waals surface area contributed by atoms with Crippen molar-refractivity contribution in [3.8, 4) is 5.75 Å². The van der Waals surface area contributed by atoms with E-state index < -0.39 is 0 Å². The summed E-state index contributed by atoms with van der Waals surface area (Å²) in [4.78, 5) is 11.3. The summed E-state index contributed by atoms with van der Waals surface area (Å²) in [6.07, 6.45) is 3.03. The molecule has 1 rings (SSSR count). The first kappa shape index (κ1) is 12.3. The van der Waals surface area contributed by atoms with Gasteiger partial charge in [-0.2, -0.15) is 0 Å². The summed E-state index contributed by atoms with van der Waals surface area (Å²) >= 11 is 0. The molecule has 0 saturated heterocycles. The Morgan fingerprint density at radius 3 is 2.62 bits per heavy atom. The molecule has 86 valence electrons. The predicted molar refractivity (Wildman–Crippen MR) is 61.8 cm³/mol. The summed E-state index contributed by atoms with van der Waals surface area (Å²) in [5.41, 5.74) is 0.824. The lowest BCUT2D eigenvalue weighted by Gasteiger charge is -2.07. The molecule has 0 saturated carbocycles. The maximum absolute atomic E-state index is 11.3. The Bertz CT molecular complexity index is 370. The van der Waals surface area contributed by atoms with Crippen molar-refractivity contribution in [2.24, 2.45) is 0 Å². The van der Waals surface area contributed by atoms with Crippen LogP contribution in [0.3, 0.4) is 0 Å². The molecule has 0 fully saturated rings. The van der Waals surface area contributed by atoms with Crippen LogP contribution in [0.5, 0.6) is 5.75 Å². The van der Waals surface area contributed by atoms with Crippen LogP contribution in [0.25, 0.3) is 6.08 Å². The SMILES string of the molecule is C[C@H](CO)NC(=O)C=Cc1ccc(O)cc1. The third-order valence-corrected chi connectivity index (χ3v) is 1.98. The van der Waals surface area contributed by atoms with Crippen LogP contribution >= 0.6 is 0 Å². The normalized spacial score (nSPS) is 12.6. The molecule has 0 heterocycles. The first-order chi connectivity index (χ1) is 7.61. The molecule has 1 atom stereocenters. The summed E-state index contributed by atoms with van der Waals surface area (Å²) < 4.78 is 0. The van der Waals surface area contributed by atoms with E-state index in [2.05, 4.69) is 5.32 Å². The number of hydrogen-bond acceptors (Lipinski definition) is 3. The highest BCUT2D eigenvalue weighted by Gasteiger charge is 2.01. The van der Waals surface area contributed by atoms with Gasteiger partial charge in [-0.15, -0.1) is 0 Å². The van der Waals surface area contributed by atoms with Crippen LogP contribution in [-0.4, -0.2) is 28.8 Å². The van der Waals surface area contributed by atoms with Gasteiger partial charge >= 0.3 is 0 Å². The molecule has 1 amide bonds. The van der Waals surface area contributed by atoms with Crippen molar-refractivity contribution >= 4 is 12.0 Å². The number of carbonyl (C=O) groups is 1. The molecule has 1 aromatic carbocycles. The Kier molecular flexibility index (Phi) is 4.54. The van der Waals surface area contributed by atoms with E-state index in [1.54, 1.807) is 37.3 Å². The van der Waals surface area contributed by atoms with Crippen LogP contribution in [0.4, 0.5) is 0 Å². The Labute approximate surface area is 94.2 Å². The van der Waals surface area contributed by atoms with Crippen LogP contribution in [-0.2, 0) is 4.79 Å². The number of rotatable bonds is 4. The monoisotopic (exact) mass is 221 g/mol. The van der Waals surface area contributed by atoms with E-state index in [1.807, 2.05) is 0 Å². The molecule has 0 spiro atoms. The van der Waals surface area contributed by atoms with Gasteiger partial charge in [-0.1, -0.05) is 12.1 Å². The van der Waals surface area contributed by atoms with Gasteiger partial charge in [0.25, 0.3) is 0 Å². The molecule has 0 aliphatic rings. The molecular weight excluding hydrogens is 206 g/mol. The highest BCUT2D eigenvalue weighted by Crippen LogP contribution is 2.10. The molecule has 1 aromatic rings. The topological polar surface area (TPSA) is 69.6 Å². The van der Waals surface area contributed by atoms with Gasteiger partial charge in [0.2, 0.25) is 5.91 Å². The summed E-state index contributed by atoms with van der Waals surface area (Å²) in [6.45, 7) is 1.63. The predicted octanol–water partition coefficient (Wildman–Crippen LogP) is 0.902. The van der Waals surface area contributed by atoms with Crippen LogP contribution in [0, 0.1) is 0 Å². The van der Waals surface area contributed by atoms with Gasteiger partial charge in [-0.25, -0.2) is 0 Å². The minimum absolute atomic E-state index is 0.0845. The lowest BCUT2D eigenvalue weighted by Crippen LogP contribution is -2.33. The molecule has 16 heavy (non-hydrogen) atoms. The number of aliphatic hydroxyl groups excluding tert-OH is 1. The number of aliphatic hydroxyl groups is 1. The first-order valence-electron chi connectivity index (χ1n) is 5.00. The van der Waals surface area contributed by atoms with E-state index in [0.717, 1.165) is 5.56 Å².